The minimum Gasteiger partial charge on any atom is -0.469 e. The number of esters is 1. The van der Waals surface area contributed by atoms with Crippen LogP contribution in [0, 0.1) is 11.8 Å². The van der Waals surface area contributed by atoms with Crippen molar-refractivity contribution in [3.8, 4) is 0 Å². The summed E-state index contributed by atoms with van der Waals surface area (Å²) in [6, 6.07) is 0. The van der Waals surface area contributed by atoms with Gasteiger partial charge in [-0.1, -0.05) is 56.2 Å². The zero-order valence-electron chi connectivity index (χ0n) is 17.2. The SMILES string of the molecule is C=C1CC(=O)[C@H](CC/C=C\CCC(=O)OC)C1/C=C/CC(C)(O)CCCC. The Balaban J connectivity index is 2.51. The molecule has 1 aliphatic carbocycles. The van der Waals surface area contributed by atoms with Crippen LogP contribution in [0.25, 0.3) is 0 Å². The molecular weight excluding hydrogens is 340 g/mol. The smallest absolute Gasteiger partial charge is 0.305 e. The number of ether oxygens (including phenoxy) is 1. The van der Waals surface area contributed by atoms with Crippen molar-refractivity contribution in [1.82, 2.24) is 0 Å². The number of ketones is 1. The number of carbonyl (C=O) groups is 2. The quantitative estimate of drug-likeness (QED) is 0.388. The minimum absolute atomic E-state index is 0.0282. The van der Waals surface area contributed by atoms with Gasteiger partial charge in [0.05, 0.1) is 12.7 Å². The Morgan fingerprint density at radius 2 is 2.04 bits per heavy atom. The van der Waals surface area contributed by atoms with E-state index in [1.165, 1.54) is 7.11 Å². The molecule has 4 heteroatoms. The first-order valence-electron chi connectivity index (χ1n) is 10.1. The first-order valence-corrected chi connectivity index (χ1v) is 10.1. The topological polar surface area (TPSA) is 63.6 Å². The number of Topliss-reactive ketones (excluding diaryl/α,β-unsaturated/α-hetero) is 1. The number of hydrogen-bond acceptors (Lipinski definition) is 4. The van der Waals surface area contributed by atoms with E-state index < -0.39 is 5.60 Å². The molecule has 2 unspecified atom stereocenters. The molecule has 1 N–H and O–H groups in total. The van der Waals surface area contributed by atoms with Crippen LogP contribution in [-0.2, 0) is 14.3 Å². The van der Waals surface area contributed by atoms with Crippen molar-refractivity contribution in [2.75, 3.05) is 7.11 Å². The van der Waals surface area contributed by atoms with Crippen LogP contribution < -0.4 is 0 Å². The largest absolute Gasteiger partial charge is 0.469 e. The van der Waals surface area contributed by atoms with Crippen molar-refractivity contribution in [2.24, 2.45) is 11.8 Å². The molecule has 1 aliphatic rings. The van der Waals surface area contributed by atoms with Crippen LogP contribution in [0.5, 0.6) is 0 Å². The number of carbonyl (C=O) groups excluding carboxylic acids is 2. The fourth-order valence-electron chi connectivity index (χ4n) is 3.51. The van der Waals surface area contributed by atoms with E-state index in [0.29, 0.717) is 25.7 Å². The third kappa shape index (κ3) is 8.70. The Kier molecular flexibility index (Phi) is 10.3. The molecule has 0 spiro atoms. The van der Waals surface area contributed by atoms with Crippen molar-refractivity contribution in [3.63, 3.8) is 0 Å². The van der Waals surface area contributed by atoms with Gasteiger partial charge in [0.25, 0.3) is 0 Å². The molecular formula is C23H36O4. The van der Waals surface area contributed by atoms with Crippen LogP contribution in [0.2, 0.25) is 0 Å². The fraction of sp³-hybridized carbons (Fsp3) is 0.652. The van der Waals surface area contributed by atoms with E-state index in [1.54, 1.807) is 0 Å². The molecule has 0 amide bonds. The molecule has 4 nitrogen and oxygen atoms in total. The zero-order chi connectivity index (χ0) is 20.3. The molecule has 152 valence electrons. The molecule has 1 rings (SSSR count). The van der Waals surface area contributed by atoms with Gasteiger partial charge < -0.3 is 9.84 Å². The maximum atomic E-state index is 12.3. The molecule has 1 saturated carbocycles. The average molecular weight is 377 g/mol. The predicted molar refractivity (Wildman–Crippen MR) is 109 cm³/mol. The summed E-state index contributed by atoms with van der Waals surface area (Å²) in [5.41, 5.74) is 0.290. The second kappa shape index (κ2) is 11.9. The Morgan fingerprint density at radius 1 is 1.33 bits per heavy atom. The summed E-state index contributed by atoms with van der Waals surface area (Å²) >= 11 is 0. The van der Waals surface area contributed by atoms with Gasteiger partial charge in [-0.25, -0.2) is 0 Å². The predicted octanol–water partition coefficient (Wildman–Crippen LogP) is 4.92. The summed E-state index contributed by atoms with van der Waals surface area (Å²) in [6.45, 7) is 8.08. The minimum atomic E-state index is -0.686. The van der Waals surface area contributed by atoms with E-state index >= 15 is 0 Å². The van der Waals surface area contributed by atoms with E-state index in [-0.39, 0.29) is 23.6 Å². The summed E-state index contributed by atoms with van der Waals surface area (Å²) in [7, 11) is 1.39. The second-order valence-corrected chi connectivity index (χ2v) is 7.83. The number of hydrogen-bond donors (Lipinski definition) is 1. The lowest BCUT2D eigenvalue weighted by Gasteiger charge is -2.22. The van der Waals surface area contributed by atoms with E-state index in [9.17, 15) is 14.7 Å². The molecule has 3 atom stereocenters. The lowest BCUT2D eigenvalue weighted by molar-refractivity contribution is -0.140. The van der Waals surface area contributed by atoms with Gasteiger partial charge in [0.15, 0.2) is 0 Å². The monoisotopic (exact) mass is 376 g/mol. The maximum Gasteiger partial charge on any atom is 0.305 e. The lowest BCUT2D eigenvalue weighted by Crippen LogP contribution is -2.22. The van der Waals surface area contributed by atoms with Crippen LogP contribution in [0.15, 0.2) is 36.5 Å². The first kappa shape index (κ1) is 23.4. The van der Waals surface area contributed by atoms with Gasteiger partial charge in [-0.15, -0.1) is 0 Å². The van der Waals surface area contributed by atoms with Gasteiger partial charge in [-0.3, -0.25) is 9.59 Å². The molecule has 0 bridgehead atoms. The molecule has 1 fully saturated rings. The number of methoxy groups -OCH3 is 1. The number of aliphatic hydroxyl groups is 1. The Morgan fingerprint density at radius 3 is 2.70 bits per heavy atom. The average Bonchev–Trinajstić information content (AvgIpc) is 2.89. The van der Waals surface area contributed by atoms with Crippen LogP contribution in [0.4, 0.5) is 0 Å². The number of rotatable bonds is 12. The molecule has 0 aromatic carbocycles. The molecule has 0 aliphatic heterocycles. The Hall–Kier alpha value is -1.68. The molecule has 0 heterocycles. The molecule has 0 aromatic rings. The molecule has 0 radical (unpaired) electrons. The first-order chi connectivity index (χ1) is 12.8. The summed E-state index contributed by atoms with van der Waals surface area (Å²) in [6.07, 6.45) is 14.7. The number of unbranched alkanes of at least 4 members (excludes halogenated alkanes) is 1. The van der Waals surface area contributed by atoms with Crippen molar-refractivity contribution >= 4 is 11.8 Å². The highest BCUT2D eigenvalue weighted by molar-refractivity contribution is 5.87. The van der Waals surface area contributed by atoms with E-state index in [2.05, 4.69) is 24.3 Å². The standard InChI is InChI=1S/C23H36O4/c1-5-6-15-23(3,26)16-11-13-19-18(2)17-21(24)20(19)12-9-7-8-10-14-22(25)27-4/h7-8,11,13,19-20,26H,2,5-6,9-10,12,14-17H2,1,3-4H3/b8-7-,13-11+/t19?,20-,23?/m1/s1. The summed E-state index contributed by atoms with van der Waals surface area (Å²) in [5, 5.41) is 10.4. The highest BCUT2D eigenvalue weighted by Crippen LogP contribution is 2.37. The highest BCUT2D eigenvalue weighted by Gasteiger charge is 2.35. The van der Waals surface area contributed by atoms with Crippen molar-refractivity contribution < 1.29 is 19.4 Å². The van der Waals surface area contributed by atoms with Gasteiger partial charge in [-0.2, -0.15) is 0 Å². The zero-order valence-corrected chi connectivity index (χ0v) is 17.2. The van der Waals surface area contributed by atoms with Gasteiger partial charge in [-0.05, 0) is 39.0 Å². The summed E-state index contributed by atoms with van der Waals surface area (Å²) in [5.74, 6) is 0.0971. The van der Waals surface area contributed by atoms with Gasteiger partial charge >= 0.3 is 5.97 Å². The summed E-state index contributed by atoms with van der Waals surface area (Å²) < 4.78 is 4.61. The Bertz CT molecular complexity index is 557. The van der Waals surface area contributed by atoms with E-state index in [0.717, 1.165) is 37.7 Å². The number of allylic oxidation sites excluding steroid dienone is 4. The third-order valence-corrected chi connectivity index (χ3v) is 5.24. The van der Waals surface area contributed by atoms with Crippen molar-refractivity contribution in [2.45, 2.75) is 77.2 Å². The second-order valence-electron chi connectivity index (χ2n) is 7.83. The molecule has 0 saturated heterocycles. The van der Waals surface area contributed by atoms with Crippen LogP contribution in [-0.4, -0.2) is 29.6 Å². The Labute approximate surface area is 164 Å². The van der Waals surface area contributed by atoms with E-state index in [4.69, 9.17) is 0 Å². The third-order valence-electron chi connectivity index (χ3n) is 5.24. The summed E-state index contributed by atoms with van der Waals surface area (Å²) in [4.78, 5) is 23.4. The molecule has 27 heavy (non-hydrogen) atoms. The van der Waals surface area contributed by atoms with Crippen LogP contribution in [0.1, 0.15) is 71.6 Å². The van der Waals surface area contributed by atoms with Crippen molar-refractivity contribution in [3.05, 3.63) is 36.5 Å². The molecule has 0 aromatic heterocycles. The van der Waals surface area contributed by atoms with Gasteiger partial charge in [0.1, 0.15) is 5.78 Å². The van der Waals surface area contributed by atoms with Crippen molar-refractivity contribution in [1.29, 1.82) is 0 Å². The van der Waals surface area contributed by atoms with Crippen LogP contribution >= 0.6 is 0 Å². The van der Waals surface area contributed by atoms with Gasteiger partial charge in [0, 0.05) is 24.7 Å². The lowest BCUT2D eigenvalue weighted by atomic mass is 9.87. The van der Waals surface area contributed by atoms with Gasteiger partial charge in [0.2, 0.25) is 0 Å². The fourth-order valence-corrected chi connectivity index (χ4v) is 3.51. The van der Waals surface area contributed by atoms with Crippen LogP contribution in [0.3, 0.4) is 0 Å². The van der Waals surface area contributed by atoms with E-state index in [1.807, 2.05) is 25.2 Å². The normalized spacial score (nSPS) is 22.7. The maximum absolute atomic E-state index is 12.3. The highest BCUT2D eigenvalue weighted by atomic mass is 16.5.